The van der Waals surface area contributed by atoms with Gasteiger partial charge in [-0.15, -0.1) is 0 Å². The molecule has 0 bridgehead atoms. The summed E-state index contributed by atoms with van der Waals surface area (Å²) in [6, 6.07) is 16.3. The Labute approximate surface area is 162 Å². The number of rotatable bonds is 6. The highest BCUT2D eigenvalue weighted by atomic mass is 16.2. The zero-order chi connectivity index (χ0) is 19.8. The van der Waals surface area contributed by atoms with Crippen LogP contribution in [0, 0.1) is 6.92 Å². The molecule has 5 nitrogen and oxygen atoms in total. The molecule has 0 heterocycles. The third kappa shape index (κ3) is 5.84. The van der Waals surface area contributed by atoms with Crippen LogP contribution in [0.3, 0.4) is 0 Å². The van der Waals surface area contributed by atoms with Crippen LogP contribution in [0.15, 0.2) is 53.5 Å². The van der Waals surface area contributed by atoms with Crippen molar-refractivity contribution < 1.29 is 4.79 Å². The van der Waals surface area contributed by atoms with Gasteiger partial charge in [0.15, 0.2) is 5.96 Å². The SMILES string of the molecule is CN=C(NCCc1cccc(C(=O)N(C)C)c1)NC(C)c1ccccc1C. The molecule has 1 atom stereocenters. The fourth-order valence-electron chi connectivity index (χ4n) is 2.99. The summed E-state index contributed by atoms with van der Waals surface area (Å²) in [4.78, 5) is 18.0. The topological polar surface area (TPSA) is 56.7 Å². The van der Waals surface area contributed by atoms with Crippen molar-refractivity contribution in [3.8, 4) is 0 Å². The lowest BCUT2D eigenvalue weighted by atomic mass is 10.0. The summed E-state index contributed by atoms with van der Waals surface area (Å²) in [5, 5.41) is 6.79. The first-order chi connectivity index (χ1) is 12.9. The third-order valence-electron chi connectivity index (χ3n) is 4.52. The Bertz CT molecular complexity index is 798. The molecule has 0 aliphatic carbocycles. The minimum atomic E-state index is 0.0225. The van der Waals surface area contributed by atoms with E-state index in [4.69, 9.17) is 0 Å². The van der Waals surface area contributed by atoms with Crippen LogP contribution < -0.4 is 10.6 Å². The molecule has 0 aliphatic rings. The van der Waals surface area contributed by atoms with Crippen molar-refractivity contribution in [1.29, 1.82) is 0 Å². The van der Waals surface area contributed by atoms with Crippen molar-refractivity contribution in [3.63, 3.8) is 0 Å². The number of amides is 1. The minimum absolute atomic E-state index is 0.0225. The van der Waals surface area contributed by atoms with Crippen LogP contribution in [-0.4, -0.2) is 44.5 Å². The Balaban J connectivity index is 1.91. The Hall–Kier alpha value is -2.82. The van der Waals surface area contributed by atoms with Gasteiger partial charge in [-0.2, -0.15) is 0 Å². The molecule has 2 rings (SSSR count). The molecule has 2 aromatic rings. The molecule has 1 unspecified atom stereocenters. The van der Waals surface area contributed by atoms with Gasteiger partial charge in [0.25, 0.3) is 5.91 Å². The van der Waals surface area contributed by atoms with Crippen LogP contribution in [0.5, 0.6) is 0 Å². The molecule has 0 aliphatic heterocycles. The van der Waals surface area contributed by atoms with E-state index >= 15 is 0 Å². The lowest BCUT2D eigenvalue weighted by Gasteiger charge is -2.20. The highest BCUT2D eigenvalue weighted by Gasteiger charge is 2.10. The fraction of sp³-hybridized carbons (Fsp3) is 0.364. The largest absolute Gasteiger partial charge is 0.356 e. The highest BCUT2D eigenvalue weighted by Crippen LogP contribution is 2.16. The molecule has 0 saturated heterocycles. The normalized spacial score (nSPS) is 12.4. The summed E-state index contributed by atoms with van der Waals surface area (Å²) < 4.78 is 0. The molecule has 0 aromatic heterocycles. The summed E-state index contributed by atoms with van der Waals surface area (Å²) in [6.45, 7) is 4.98. The summed E-state index contributed by atoms with van der Waals surface area (Å²) in [7, 11) is 5.31. The Morgan fingerprint density at radius 3 is 2.56 bits per heavy atom. The van der Waals surface area contributed by atoms with E-state index in [2.05, 4.69) is 47.7 Å². The van der Waals surface area contributed by atoms with Crippen molar-refractivity contribution in [2.75, 3.05) is 27.7 Å². The number of hydrogen-bond acceptors (Lipinski definition) is 2. The van der Waals surface area contributed by atoms with E-state index in [9.17, 15) is 4.79 Å². The number of aryl methyl sites for hydroxylation is 1. The standard InChI is InChI=1S/C22H30N4O/c1-16-9-6-7-12-20(16)17(2)25-22(23-3)24-14-13-18-10-8-11-19(15-18)21(27)26(4)5/h6-12,15,17H,13-14H2,1-5H3,(H2,23,24,25). The van der Waals surface area contributed by atoms with Gasteiger partial charge in [0.05, 0.1) is 6.04 Å². The molecule has 2 aromatic carbocycles. The van der Waals surface area contributed by atoms with E-state index in [-0.39, 0.29) is 11.9 Å². The molecule has 144 valence electrons. The van der Waals surface area contributed by atoms with Gasteiger partial charge in [-0.05, 0) is 49.1 Å². The molecule has 5 heteroatoms. The van der Waals surface area contributed by atoms with Gasteiger partial charge in [0, 0.05) is 33.3 Å². The number of hydrogen-bond donors (Lipinski definition) is 2. The van der Waals surface area contributed by atoms with Crippen molar-refractivity contribution >= 4 is 11.9 Å². The van der Waals surface area contributed by atoms with Crippen LogP contribution >= 0.6 is 0 Å². The van der Waals surface area contributed by atoms with Gasteiger partial charge in [-0.25, -0.2) is 0 Å². The molecule has 1 amide bonds. The van der Waals surface area contributed by atoms with Crippen LogP contribution in [0.1, 0.15) is 40.0 Å². The van der Waals surface area contributed by atoms with Crippen LogP contribution in [0.2, 0.25) is 0 Å². The summed E-state index contributed by atoms with van der Waals surface area (Å²) in [6.07, 6.45) is 0.813. The molecule has 0 saturated carbocycles. The van der Waals surface area contributed by atoms with Crippen molar-refractivity contribution in [1.82, 2.24) is 15.5 Å². The monoisotopic (exact) mass is 366 g/mol. The number of carbonyl (C=O) groups is 1. The van der Waals surface area contributed by atoms with Crippen LogP contribution in [0.4, 0.5) is 0 Å². The number of benzene rings is 2. The summed E-state index contributed by atoms with van der Waals surface area (Å²) in [5.41, 5.74) is 4.36. The predicted molar refractivity (Wildman–Crippen MR) is 112 cm³/mol. The summed E-state index contributed by atoms with van der Waals surface area (Å²) in [5.74, 6) is 0.792. The van der Waals surface area contributed by atoms with E-state index in [0.717, 1.165) is 24.5 Å². The van der Waals surface area contributed by atoms with E-state index in [1.165, 1.54) is 11.1 Å². The molecular weight excluding hydrogens is 336 g/mol. The number of aliphatic imine (C=N–C) groups is 1. The van der Waals surface area contributed by atoms with E-state index in [1.807, 2.05) is 30.3 Å². The van der Waals surface area contributed by atoms with Crippen LogP contribution in [0.25, 0.3) is 0 Å². The van der Waals surface area contributed by atoms with Crippen molar-refractivity contribution in [3.05, 3.63) is 70.8 Å². The van der Waals surface area contributed by atoms with E-state index in [1.54, 1.807) is 26.0 Å². The lowest BCUT2D eigenvalue weighted by Crippen LogP contribution is -2.39. The average molecular weight is 367 g/mol. The Morgan fingerprint density at radius 1 is 1.15 bits per heavy atom. The fourth-order valence-corrected chi connectivity index (χ4v) is 2.99. The number of nitrogens with one attached hydrogen (secondary N) is 2. The molecule has 0 spiro atoms. The summed E-state index contributed by atoms with van der Waals surface area (Å²) >= 11 is 0. The lowest BCUT2D eigenvalue weighted by molar-refractivity contribution is 0.0827. The molecule has 2 N–H and O–H groups in total. The molecular formula is C22H30N4O. The first-order valence-corrected chi connectivity index (χ1v) is 9.25. The number of guanidine groups is 1. The quantitative estimate of drug-likeness (QED) is 0.610. The number of nitrogens with zero attached hydrogens (tertiary/aromatic N) is 2. The highest BCUT2D eigenvalue weighted by molar-refractivity contribution is 5.94. The third-order valence-corrected chi connectivity index (χ3v) is 4.52. The zero-order valence-corrected chi connectivity index (χ0v) is 16.9. The second-order valence-corrected chi connectivity index (χ2v) is 6.87. The predicted octanol–water partition coefficient (Wildman–Crippen LogP) is 3.17. The molecule has 0 fully saturated rings. The van der Waals surface area contributed by atoms with Crippen molar-refractivity contribution in [2.24, 2.45) is 4.99 Å². The Kier molecular flexibility index (Phi) is 7.41. The second-order valence-electron chi connectivity index (χ2n) is 6.87. The minimum Gasteiger partial charge on any atom is -0.356 e. The Morgan fingerprint density at radius 2 is 1.89 bits per heavy atom. The maximum Gasteiger partial charge on any atom is 0.253 e. The molecule has 0 radical (unpaired) electrons. The number of carbonyl (C=O) groups excluding carboxylic acids is 1. The van der Waals surface area contributed by atoms with Gasteiger partial charge >= 0.3 is 0 Å². The van der Waals surface area contributed by atoms with Gasteiger partial charge in [0.1, 0.15) is 0 Å². The maximum absolute atomic E-state index is 12.1. The maximum atomic E-state index is 12.1. The van der Waals surface area contributed by atoms with Crippen molar-refractivity contribution in [2.45, 2.75) is 26.3 Å². The van der Waals surface area contributed by atoms with Gasteiger partial charge in [-0.1, -0.05) is 36.4 Å². The molecule has 27 heavy (non-hydrogen) atoms. The first kappa shape index (κ1) is 20.5. The van der Waals surface area contributed by atoms with Gasteiger partial charge < -0.3 is 15.5 Å². The zero-order valence-electron chi connectivity index (χ0n) is 16.9. The second kappa shape index (κ2) is 9.76. The first-order valence-electron chi connectivity index (χ1n) is 9.25. The van der Waals surface area contributed by atoms with E-state index in [0.29, 0.717) is 5.56 Å². The van der Waals surface area contributed by atoms with Gasteiger partial charge in [0.2, 0.25) is 0 Å². The van der Waals surface area contributed by atoms with Gasteiger partial charge in [-0.3, -0.25) is 9.79 Å². The smallest absolute Gasteiger partial charge is 0.253 e. The van der Waals surface area contributed by atoms with E-state index < -0.39 is 0 Å². The van der Waals surface area contributed by atoms with Crippen LogP contribution in [-0.2, 0) is 6.42 Å². The average Bonchev–Trinajstić information content (AvgIpc) is 2.67.